The van der Waals surface area contributed by atoms with Crippen molar-refractivity contribution in [1.29, 1.82) is 0 Å². The van der Waals surface area contributed by atoms with Crippen LogP contribution in [0, 0.1) is 5.92 Å². The summed E-state index contributed by atoms with van der Waals surface area (Å²) in [7, 11) is 0. The number of rotatable bonds is 14. The van der Waals surface area contributed by atoms with Crippen molar-refractivity contribution in [2.24, 2.45) is 5.92 Å². The molecule has 4 heteroatoms. The average molecular weight is 338 g/mol. The van der Waals surface area contributed by atoms with Crippen LogP contribution < -0.4 is 5.32 Å². The molecule has 0 heterocycles. The molecule has 0 aromatic carbocycles. The molecule has 0 saturated heterocycles. The number of amides is 1. The van der Waals surface area contributed by atoms with Gasteiger partial charge in [0, 0.05) is 25.3 Å². The van der Waals surface area contributed by atoms with Crippen LogP contribution in [0.4, 0.5) is 0 Å². The first-order chi connectivity index (χ1) is 11.6. The topological polar surface area (TPSA) is 63.2 Å². The molecular weight excluding hydrogens is 302 g/mol. The Labute approximate surface area is 147 Å². The van der Waals surface area contributed by atoms with E-state index in [4.69, 9.17) is 0 Å². The summed E-state index contributed by atoms with van der Waals surface area (Å²) in [5.74, 6) is 0.0153. The summed E-state index contributed by atoms with van der Waals surface area (Å²) in [6.45, 7) is 2.63. The molecule has 1 aliphatic carbocycles. The zero-order valence-corrected chi connectivity index (χ0v) is 15.4. The zero-order chi connectivity index (χ0) is 17.6. The van der Waals surface area contributed by atoms with Gasteiger partial charge in [-0.15, -0.1) is 0 Å². The Morgan fingerprint density at radius 3 is 2.21 bits per heavy atom. The van der Waals surface area contributed by atoms with Gasteiger partial charge in [0.05, 0.1) is 6.42 Å². The molecule has 1 amide bonds. The number of ketones is 2. The third-order valence-electron chi connectivity index (χ3n) is 4.89. The summed E-state index contributed by atoms with van der Waals surface area (Å²) in [5.41, 5.74) is 0. The van der Waals surface area contributed by atoms with E-state index in [0.717, 1.165) is 25.7 Å². The van der Waals surface area contributed by atoms with E-state index in [-0.39, 0.29) is 29.8 Å². The van der Waals surface area contributed by atoms with E-state index in [1.807, 2.05) is 0 Å². The van der Waals surface area contributed by atoms with Crippen molar-refractivity contribution in [3.8, 4) is 0 Å². The molecule has 0 aliphatic heterocycles. The van der Waals surface area contributed by atoms with Crippen LogP contribution in [0.15, 0.2) is 0 Å². The number of carbonyl (C=O) groups is 3. The second-order valence-electron chi connectivity index (χ2n) is 7.15. The number of carbonyl (C=O) groups excluding carboxylic acids is 3. The predicted molar refractivity (Wildman–Crippen MR) is 96.8 cm³/mol. The molecular formula is C20H35NO3. The van der Waals surface area contributed by atoms with Crippen molar-refractivity contribution in [3.63, 3.8) is 0 Å². The Bertz CT molecular complexity index is 392. The molecule has 0 aromatic heterocycles. The number of hydrogen-bond acceptors (Lipinski definition) is 3. The van der Waals surface area contributed by atoms with Crippen LogP contribution in [0.5, 0.6) is 0 Å². The maximum absolute atomic E-state index is 11.8. The molecule has 4 nitrogen and oxygen atoms in total. The second kappa shape index (κ2) is 13.1. The quantitative estimate of drug-likeness (QED) is 0.378. The summed E-state index contributed by atoms with van der Waals surface area (Å²) in [6, 6.07) is 0. The van der Waals surface area contributed by atoms with E-state index >= 15 is 0 Å². The Kier molecular flexibility index (Phi) is 11.4. The van der Waals surface area contributed by atoms with Gasteiger partial charge < -0.3 is 5.32 Å². The molecule has 138 valence electrons. The fourth-order valence-corrected chi connectivity index (χ4v) is 3.30. The van der Waals surface area contributed by atoms with Crippen molar-refractivity contribution in [1.82, 2.24) is 5.32 Å². The molecule has 1 atom stereocenters. The van der Waals surface area contributed by atoms with Crippen molar-refractivity contribution in [3.05, 3.63) is 0 Å². The normalized spacial score (nSPS) is 17.2. The molecule has 1 unspecified atom stereocenters. The lowest BCUT2D eigenvalue weighted by molar-refractivity contribution is -0.128. The van der Waals surface area contributed by atoms with Gasteiger partial charge in [0.25, 0.3) is 0 Å². The van der Waals surface area contributed by atoms with Crippen molar-refractivity contribution in [2.75, 3.05) is 6.54 Å². The Morgan fingerprint density at radius 2 is 1.62 bits per heavy atom. The van der Waals surface area contributed by atoms with Crippen molar-refractivity contribution >= 4 is 17.5 Å². The van der Waals surface area contributed by atoms with Gasteiger partial charge in [-0.25, -0.2) is 0 Å². The predicted octanol–water partition coefficient (Wildman–Crippen LogP) is 4.35. The number of hydrogen-bond donors (Lipinski definition) is 1. The smallest absolute Gasteiger partial charge is 0.227 e. The monoisotopic (exact) mass is 337 g/mol. The summed E-state index contributed by atoms with van der Waals surface area (Å²) < 4.78 is 0. The van der Waals surface area contributed by atoms with Crippen LogP contribution in [0.1, 0.15) is 96.8 Å². The first kappa shape index (κ1) is 20.9. The Balaban J connectivity index is 1.93. The van der Waals surface area contributed by atoms with Gasteiger partial charge in [0.2, 0.25) is 5.91 Å². The van der Waals surface area contributed by atoms with Gasteiger partial charge in [0.15, 0.2) is 0 Å². The van der Waals surface area contributed by atoms with Gasteiger partial charge >= 0.3 is 0 Å². The third kappa shape index (κ3) is 9.84. The van der Waals surface area contributed by atoms with E-state index in [0.29, 0.717) is 19.4 Å². The number of unbranched alkanes of at least 4 members (excludes halogenated alkanes) is 8. The minimum Gasteiger partial charge on any atom is -0.355 e. The first-order valence-corrected chi connectivity index (χ1v) is 9.94. The largest absolute Gasteiger partial charge is 0.355 e. The van der Waals surface area contributed by atoms with Gasteiger partial charge in [0.1, 0.15) is 11.6 Å². The molecule has 1 N–H and O–H groups in total. The highest BCUT2D eigenvalue weighted by molar-refractivity contribution is 5.98. The molecule has 0 aromatic rings. The van der Waals surface area contributed by atoms with Crippen molar-refractivity contribution in [2.45, 2.75) is 96.8 Å². The highest BCUT2D eigenvalue weighted by Crippen LogP contribution is 2.20. The molecule has 0 bridgehead atoms. The van der Waals surface area contributed by atoms with Crippen LogP contribution in [0.3, 0.4) is 0 Å². The molecule has 1 aliphatic rings. The Morgan fingerprint density at radius 1 is 1.00 bits per heavy atom. The van der Waals surface area contributed by atoms with Gasteiger partial charge in [-0.2, -0.15) is 0 Å². The fraction of sp³-hybridized carbons (Fsp3) is 0.850. The Hall–Kier alpha value is -1.19. The van der Waals surface area contributed by atoms with Crippen LogP contribution >= 0.6 is 0 Å². The van der Waals surface area contributed by atoms with Gasteiger partial charge in [-0.1, -0.05) is 58.3 Å². The average Bonchev–Trinajstić information content (AvgIpc) is 2.96. The number of Topliss-reactive ketones (excluding diaryl/α,β-unsaturated/α-hetero) is 2. The number of nitrogens with one attached hydrogen (secondary N) is 1. The molecule has 0 radical (unpaired) electrons. The lowest BCUT2D eigenvalue weighted by Crippen LogP contribution is -2.32. The van der Waals surface area contributed by atoms with Gasteiger partial charge in [-0.05, 0) is 19.3 Å². The fourth-order valence-electron chi connectivity index (χ4n) is 3.30. The van der Waals surface area contributed by atoms with Crippen LogP contribution in [-0.4, -0.2) is 24.0 Å². The van der Waals surface area contributed by atoms with Crippen LogP contribution in [0.2, 0.25) is 0 Å². The highest BCUT2D eigenvalue weighted by Gasteiger charge is 2.24. The molecule has 24 heavy (non-hydrogen) atoms. The van der Waals surface area contributed by atoms with Crippen LogP contribution in [0.25, 0.3) is 0 Å². The molecule has 1 saturated carbocycles. The maximum Gasteiger partial charge on any atom is 0.227 e. The minimum atomic E-state index is -0.226. The minimum absolute atomic E-state index is 0.0215. The maximum atomic E-state index is 11.8. The summed E-state index contributed by atoms with van der Waals surface area (Å²) in [4.78, 5) is 35.0. The van der Waals surface area contributed by atoms with Crippen molar-refractivity contribution < 1.29 is 14.4 Å². The van der Waals surface area contributed by atoms with E-state index in [1.54, 1.807) is 0 Å². The molecule has 1 fully saturated rings. The van der Waals surface area contributed by atoms with Gasteiger partial charge in [-0.3, -0.25) is 14.4 Å². The summed E-state index contributed by atoms with van der Waals surface area (Å²) >= 11 is 0. The van der Waals surface area contributed by atoms with E-state index in [1.165, 1.54) is 44.9 Å². The highest BCUT2D eigenvalue weighted by atomic mass is 16.2. The SMILES string of the molecule is CCCCCCCCCCCC(=O)CC(=O)NCC1CCCC1=O. The van der Waals surface area contributed by atoms with Crippen LogP contribution in [-0.2, 0) is 14.4 Å². The first-order valence-electron chi connectivity index (χ1n) is 9.94. The molecule has 0 spiro atoms. The van der Waals surface area contributed by atoms with E-state index in [9.17, 15) is 14.4 Å². The summed E-state index contributed by atoms with van der Waals surface area (Å²) in [5, 5.41) is 2.74. The third-order valence-corrected chi connectivity index (χ3v) is 4.89. The second-order valence-corrected chi connectivity index (χ2v) is 7.15. The standard InChI is InChI=1S/C20H35NO3/c1-2-3-4-5-6-7-8-9-10-13-18(22)15-20(24)21-16-17-12-11-14-19(17)23/h17H,2-16H2,1H3,(H,21,24). The summed E-state index contributed by atoms with van der Waals surface area (Å²) in [6.07, 6.45) is 13.9. The zero-order valence-electron chi connectivity index (χ0n) is 15.4. The van der Waals surface area contributed by atoms with E-state index in [2.05, 4.69) is 12.2 Å². The lowest BCUT2D eigenvalue weighted by atomic mass is 10.0. The lowest BCUT2D eigenvalue weighted by Gasteiger charge is -2.09. The van der Waals surface area contributed by atoms with E-state index < -0.39 is 0 Å². The molecule has 1 rings (SSSR count).